The molecule has 0 spiro atoms. The molecule has 0 aliphatic carbocycles. The van der Waals surface area contributed by atoms with Crippen molar-refractivity contribution >= 4 is 23.6 Å². The Bertz CT molecular complexity index is 603. The summed E-state index contributed by atoms with van der Waals surface area (Å²) in [6.45, 7) is 5.64. The summed E-state index contributed by atoms with van der Waals surface area (Å²) >= 11 is 6.18. The van der Waals surface area contributed by atoms with Gasteiger partial charge in [-0.3, -0.25) is 4.79 Å². The van der Waals surface area contributed by atoms with Crippen LogP contribution in [-0.2, 0) is 16.0 Å². The number of aliphatic hydroxyl groups is 1. The lowest BCUT2D eigenvalue weighted by Crippen LogP contribution is -2.46. The fourth-order valence-corrected chi connectivity index (χ4v) is 2.83. The highest BCUT2D eigenvalue weighted by atomic mass is 35.5. The largest absolute Gasteiger partial charge is 0.444 e. The van der Waals surface area contributed by atoms with Crippen LogP contribution in [0.5, 0.6) is 0 Å². The van der Waals surface area contributed by atoms with Gasteiger partial charge < -0.3 is 20.1 Å². The number of β-amino-alcohol motifs (C(OH)–C–C–N with tert-alkyl or cyclic N) is 1. The van der Waals surface area contributed by atoms with E-state index in [-0.39, 0.29) is 19.0 Å². The Morgan fingerprint density at radius 3 is 2.56 bits per heavy atom. The fourth-order valence-electron chi connectivity index (χ4n) is 2.59. The Labute approximate surface area is 153 Å². The predicted octanol–water partition coefficient (Wildman–Crippen LogP) is 1.93. The van der Waals surface area contributed by atoms with Crippen molar-refractivity contribution < 1.29 is 19.4 Å². The Hall–Kier alpha value is -1.79. The van der Waals surface area contributed by atoms with Gasteiger partial charge in [0.1, 0.15) is 11.0 Å². The van der Waals surface area contributed by atoms with Crippen LogP contribution in [0.25, 0.3) is 0 Å². The van der Waals surface area contributed by atoms with Gasteiger partial charge in [-0.15, -0.1) is 11.6 Å². The maximum Gasteiger partial charge on any atom is 0.410 e. The van der Waals surface area contributed by atoms with Crippen LogP contribution in [0, 0.1) is 0 Å². The maximum absolute atomic E-state index is 12.3. The standard InChI is InChI=1S/C18H25ClN2O4/c1-18(2,3)25-17(24)21-10-14(15(22)11-21)20-16(23)13(19)9-12-7-5-4-6-8-12/h4-8,13-15,22H,9-11H2,1-3H3,(H,20,23). The van der Waals surface area contributed by atoms with Crippen LogP contribution in [0.15, 0.2) is 30.3 Å². The highest BCUT2D eigenvalue weighted by Gasteiger charge is 2.37. The molecule has 0 bridgehead atoms. The first-order valence-electron chi connectivity index (χ1n) is 8.30. The van der Waals surface area contributed by atoms with Gasteiger partial charge in [0.25, 0.3) is 0 Å². The highest BCUT2D eigenvalue weighted by molar-refractivity contribution is 6.30. The van der Waals surface area contributed by atoms with Crippen molar-refractivity contribution in [1.82, 2.24) is 10.2 Å². The number of amides is 2. The molecule has 1 aliphatic heterocycles. The average Bonchev–Trinajstić information content (AvgIpc) is 2.88. The van der Waals surface area contributed by atoms with Crippen LogP contribution in [-0.4, -0.2) is 58.2 Å². The fraction of sp³-hybridized carbons (Fsp3) is 0.556. The van der Waals surface area contributed by atoms with Crippen LogP contribution < -0.4 is 5.32 Å². The second-order valence-electron chi connectivity index (χ2n) is 7.23. The molecule has 1 aromatic rings. The molecule has 138 valence electrons. The number of hydrogen-bond acceptors (Lipinski definition) is 4. The van der Waals surface area contributed by atoms with Gasteiger partial charge in [-0.2, -0.15) is 0 Å². The summed E-state index contributed by atoms with van der Waals surface area (Å²) in [5, 5.41) is 12.1. The van der Waals surface area contributed by atoms with Crippen molar-refractivity contribution in [2.45, 2.75) is 50.3 Å². The third-order valence-electron chi connectivity index (χ3n) is 3.81. The second kappa shape index (κ2) is 8.06. The second-order valence-corrected chi connectivity index (χ2v) is 7.75. The minimum absolute atomic E-state index is 0.117. The summed E-state index contributed by atoms with van der Waals surface area (Å²) in [6.07, 6.45) is -0.959. The van der Waals surface area contributed by atoms with Gasteiger partial charge in [-0.1, -0.05) is 30.3 Å². The number of halogens is 1. The van der Waals surface area contributed by atoms with Crippen LogP contribution in [0.1, 0.15) is 26.3 Å². The SMILES string of the molecule is CC(C)(C)OC(=O)N1CC(O)C(NC(=O)C(Cl)Cc2ccccc2)C1. The molecule has 25 heavy (non-hydrogen) atoms. The van der Waals surface area contributed by atoms with Crippen molar-refractivity contribution in [3.8, 4) is 0 Å². The van der Waals surface area contributed by atoms with Crippen LogP contribution in [0.3, 0.4) is 0 Å². The molecule has 0 saturated carbocycles. The molecular formula is C18H25ClN2O4. The molecule has 1 aliphatic rings. The summed E-state index contributed by atoms with van der Waals surface area (Å²) in [5.41, 5.74) is 0.348. The lowest BCUT2D eigenvalue weighted by atomic mass is 10.1. The van der Waals surface area contributed by atoms with E-state index in [0.29, 0.717) is 6.42 Å². The molecule has 2 rings (SSSR count). The van der Waals surface area contributed by atoms with E-state index in [0.717, 1.165) is 5.56 Å². The first kappa shape index (κ1) is 19.5. The quantitative estimate of drug-likeness (QED) is 0.796. The predicted molar refractivity (Wildman–Crippen MR) is 95.5 cm³/mol. The van der Waals surface area contributed by atoms with Crippen molar-refractivity contribution in [2.24, 2.45) is 0 Å². The summed E-state index contributed by atoms with van der Waals surface area (Å²) in [7, 11) is 0. The number of ether oxygens (including phenoxy) is 1. The number of likely N-dealkylation sites (tertiary alicyclic amines) is 1. The Morgan fingerprint density at radius 1 is 1.32 bits per heavy atom. The van der Waals surface area contributed by atoms with E-state index < -0.39 is 29.2 Å². The zero-order chi connectivity index (χ0) is 18.6. The normalized spacial score (nSPS) is 21.7. The monoisotopic (exact) mass is 368 g/mol. The third-order valence-corrected chi connectivity index (χ3v) is 4.16. The van der Waals surface area contributed by atoms with Crippen LogP contribution in [0.4, 0.5) is 4.79 Å². The van der Waals surface area contributed by atoms with Gasteiger partial charge in [-0.05, 0) is 32.8 Å². The molecule has 1 heterocycles. The van der Waals surface area contributed by atoms with Crippen LogP contribution in [0.2, 0.25) is 0 Å². The molecule has 3 atom stereocenters. The molecule has 1 aromatic carbocycles. The number of benzene rings is 1. The van der Waals surface area contributed by atoms with Gasteiger partial charge in [-0.25, -0.2) is 4.79 Å². The van der Waals surface area contributed by atoms with E-state index in [1.165, 1.54) is 4.90 Å². The number of alkyl halides is 1. The van der Waals surface area contributed by atoms with E-state index in [2.05, 4.69) is 5.32 Å². The van der Waals surface area contributed by atoms with Crippen LogP contribution >= 0.6 is 11.6 Å². The number of rotatable bonds is 4. The Morgan fingerprint density at radius 2 is 1.96 bits per heavy atom. The number of carbonyl (C=O) groups is 2. The van der Waals surface area contributed by atoms with Gasteiger partial charge in [0, 0.05) is 6.54 Å². The van der Waals surface area contributed by atoms with E-state index in [4.69, 9.17) is 16.3 Å². The Balaban J connectivity index is 1.87. The maximum atomic E-state index is 12.3. The lowest BCUT2D eigenvalue weighted by molar-refractivity contribution is -0.121. The molecule has 6 nitrogen and oxygen atoms in total. The van der Waals surface area contributed by atoms with E-state index in [1.807, 2.05) is 30.3 Å². The molecule has 2 amide bonds. The summed E-state index contributed by atoms with van der Waals surface area (Å²) in [4.78, 5) is 25.7. The molecule has 3 unspecified atom stereocenters. The van der Waals surface area contributed by atoms with Crippen molar-refractivity contribution in [2.75, 3.05) is 13.1 Å². The van der Waals surface area contributed by atoms with Gasteiger partial charge >= 0.3 is 6.09 Å². The number of nitrogens with zero attached hydrogens (tertiary/aromatic N) is 1. The highest BCUT2D eigenvalue weighted by Crippen LogP contribution is 2.17. The summed E-state index contributed by atoms with van der Waals surface area (Å²) in [5.74, 6) is -0.361. The number of nitrogens with one attached hydrogen (secondary N) is 1. The van der Waals surface area contributed by atoms with Gasteiger partial charge in [0.2, 0.25) is 5.91 Å². The smallest absolute Gasteiger partial charge is 0.410 e. The van der Waals surface area contributed by atoms with Gasteiger partial charge in [0.15, 0.2) is 0 Å². The molecule has 1 fully saturated rings. The molecular weight excluding hydrogens is 344 g/mol. The van der Waals surface area contributed by atoms with E-state index in [1.54, 1.807) is 20.8 Å². The minimum atomic E-state index is -0.850. The number of carbonyl (C=O) groups excluding carboxylic acids is 2. The summed E-state index contributed by atoms with van der Waals surface area (Å²) < 4.78 is 5.29. The zero-order valence-corrected chi connectivity index (χ0v) is 15.5. The molecule has 7 heteroatoms. The van der Waals surface area contributed by atoms with Gasteiger partial charge in [0.05, 0.1) is 18.7 Å². The van der Waals surface area contributed by atoms with Crippen molar-refractivity contribution in [3.63, 3.8) is 0 Å². The lowest BCUT2D eigenvalue weighted by Gasteiger charge is -2.24. The topological polar surface area (TPSA) is 78.9 Å². The summed E-state index contributed by atoms with van der Waals surface area (Å²) in [6, 6.07) is 8.91. The molecule has 2 N–H and O–H groups in total. The minimum Gasteiger partial charge on any atom is -0.444 e. The van der Waals surface area contributed by atoms with Crippen molar-refractivity contribution in [1.29, 1.82) is 0 Å². The zero-order valence-electron chi connectivity index (χ0n) is 14.7. The van der Waals surface area contributed by atoms with E-state index in [9.17, 15) is 14.7 Å². The third kappa shape index (κ3) is 5.90. The molecule has 0 radical (unpaired) electrons. The first-order chi connectivity index (χ1) is 11.7. The number of hydrogen-bond donors (Lipinski definition) is 2. The number of aliphatic hydroxyl groups excluding tert-OH is 1. The molecule has 0 aromatic heterocycles. The Kier molecular flexibility index (Phi) is 6.30. The first-order valence-corrected chi connectivity index (χ1v) is 8.74. The average molecular weight is 369 g/mol. The van der Waals surface area contributed by atoms with E-state index >= 15 is 0 Å². The van der Waals surface area contributed by atoms with Crippen molar-refractivity contribution in [3.05, 3.63) is 35.9 Å². The molecule has 1 saturated heterocycles.